The van der Waals surface area contributed by atoms with Crippen LogP contribution in [0.1, 0.15) is 24.4 Å². The van der Waals surface area contributed by atoms with E-state index in [1.165, 1.54) is 24.3 Å². The van der Waals surface area contributed by atoms with Crippen molar-refractivity contribution in [1.82, 2.24) is 0 Å². The Balaban J connectivity index is 1.97. The normalized spacial score (nSPS) is 10.9. The fourth-order valence-corrected chi connectivity index (χ4v) is 2.32. The van der Waals surface area contributed by atoms with Gasteiger partial charge in [0.15, 0.2) is 0 Å². The molecule has 2 aromatic carbocycles. The molecule has 2 amide bonds. The highest BCUT2D eigenvalue weighted by molar-refractivity contribution is 6.14. The molecule has 128 valence electrons. The van der Waals surface area contributed by atoms with Crippen molar-refractivity contribution in [3.8, 4) is 0 Å². The van der Waals surface area contributed by atoms with E-state index in [2.05, 4.69) is 10.6 Å². The summed E-state index contributed by atoms with van der Waals surface area (Å²) in [7, 11) is 0. The molecule has 0 saturated heterocycles. The lowest BCUT2D eigenvalue weighted by molar-refractivity contribution is -0.118. The minimum Gasteiger partial charge on any atom is -0.449 e. The van der Waals surface area contributed by atoms with E-state index < -0.39 is 11.7 Å². The smallest absolute Gasteiger partial charge is 0.293 e. The molecule has 0 fully saturated rings. The number of nitrogens with one attached hydrogen (secondary N) is 2. The number of rotatable bonds is 4. The van der Waals surface area contributed by atoms with Crippen LogP contribution in [-0.2, 0) is 4.79 Å². The van der Waals surface area contributed by atoms with E-state index in [4.69, 9.17) is 4.42 Å². The molecule has 0 aliphatic carbocycles. The molecule has 2 N–H and O–H groups in total. The Morgan fingerprint density at radius 1 is 1.00 bits per heavy atom. The third-order valence-electron chi connectivity index (χ3n) is 3.68. The van der Waals surface area contributed by atoms with Gasteiger partial charge in [-0.2, -0.15) is 0 Å². The monoisotopic (exact) mass is 340 g/mol. The second-order valence-electron chi connectivity index (χ2n) is 5.91. The summed E-state index contributed by atoms with van der Waals surface area (Å²) >= 11 is 0. The maximum atomic E-state index is 13.0. The van der Waals surface area contributed by atoms with Crippen molar-refractivity contribution in [2.24, 2.45) is 5.92 Å². The molecule has 0 saturated carbocycles. The zero-order valence-corrected chi connectivity index (χ0v) is 13.8. The van der Waals surface area contributed by atoms with E-state index >= 15 is 0 Å². The first-order valence-corrected chi connectivity index (χ1v) is 7.85. The first kappa shape index (κ1) is 16.7. The zero-order chi connectivity index (χ0) is 18.0. The number of para-hydroxylation sites is 1. The SMILES string of the molecule is CC(C)C(=O)Nc1c(C(=O)Nc2ccc(F)cc2)oc2ccccc12. The standard InChI is InChI=1S/C19H17FN2O3/c1-11(2)18(23)22-16-14-5-3-4-6-15(14)25-17(16)19(24)21-13-9-7-12(20)8-10-13/h3-11H,1-2H3,(H,21,24)(H,22,23). The van der Waals surface area contributed by atoms with E-state index in [0.717, 1.165) is 0 Å². The highest BCUT2D eigenvalue weighted by atomic mass is 19.1. The maximum absolute atomic E-state index is 13.0. The number of carbonyl (C=O) groups excluding carboxylic acids is 2. The average molecular weight is 340 g/mol. The van der Waals surface area contributed by atoms with Gasteiger partial charge >= 0.3 is 0 Å². The summed E-state index contributed by atoms with van der Waals surface area (Å²) < 4.78 is 18.6. The molecule has 25 heavy (non-hydrogen) atoms. The van der Waals surface area contributed by atoms with Crippen LogP contribution in [-0.4, -0.2) is 11.8 Å². The Labute approximate surface area is 143 Å². The van der Waals surface area contributed by atoms with Crippen molar-refractivity contribution < 1.29 is 18.4 Å². The number of benzene rings is 2. The second-order valence-corrected chi connectivity index (χ2v) is 5.91. The van der Waals surface area contributed by atoms with Crippen molar-refractivity contribution >= 4 is 34.2 Å². The van der Waals surface area contributed by atoms with Gasteiger partial charge < -0.3 is 15.1 Å². The van der Waals surface area contributed by atoms with Gasteiger partial charge in [0.05, 0.1) is 0 Å². The molecule has 0 bridgehead atoms. The Morgan fingerprint density at radius 2 is 1.68 bits per heavy atom. The first-order valence-electron chi connectivity index (χ1n) is 7.85. The van der Waals surface area contributed by atoms with Crippen molar-refractivity contribution in [3.63, 3.8) is 0 Å². The molecule has 1 heterocycles. The highest BCUT2D eigenvalue weighted by Crippen LogP contribution is 2.31. The van der Waals surface area contributed by atoms with Crippen LogP contribution in [0.4, 0.5) is 15.8 Å². The minimum atomic E-state index is -0.526. The van der Waals surface area contributed by atoms with Crippen molar-refractivity contribution in [3.05, 3.63) is 60.1 Å². The van der Waals surface area contributed by atoms with Crippen LogP contribution in [0.25, 0.3) is 11.0 Å². The van der Waals surface area contributed by atoms with Crippen LogP contribution in [0.5, 0.6) is 0 Å². The highest BCUT2D eigenvalue weighted by Gasteiger charge is 2.23. The quantitative estimate of drug-likeness (QED) is 0.738. The minimum absolute atomic E-state index is 0.000440. The number of fused-ring (bicyclic) bond motifs is 1. The molecule has 6 heteroatoms. The Hall–Kier alpha value is -3.15. The number of anilines is 2. The molecule has 0 atom stereocenters. The van der Waals surface area contributed by atoms with Gasteiger partial charge in [-0.1, -0.05) is 26.0 Å². The van der Waals surface area contributed by atoms with Crippen LogP contribution in [0.2, 0.25) is 0 Å². The molecule has 0 radical (unpaired) electrons. The number of carbonyl (C=O) groups is 2. The predicted octanol–water partition coefficient (Wildman–Crippen LogP) is 4.42. The fraction of sp³-hybridized carbons (Fsp3) is 0.158. The van der Waals surface area contributed by atoms with Crippen LogP contribution in [0.15, 0.2) is 52.9 Å². The molecule has 3 rings (SSSR count). The molecule has 0 spiro atoms. The molecular formula is C19H17FN2O3. The Bertz CT molecular complexity index is 929. The van der Waals surface area contributed by atoms with Gasteiger partial charge in [-0.15, -0.1) is 0 Å². The summed E-state index contributed by atoms with van der Waals surface area (Å²) in [6.07, 6.45) is 0. The Morgan fingerprint density at radius 3 is 2.36 bits per heavy atom. The molecule has 0 unspecified atom stereocenters. The van der Waals surface area contributed by atoms with Crippen LogP contribution in [0, 0.1) is 11.7 Å². The van der Waals surface area contributed by atoms with Crippen molar-refractivity contribution in [2.75, 3.05) is 10.6 Å². The predicted molar refractivity (Wildman–Crippen MR) is 94.0 cm³/mol. The third kappa shape index (κ3) is 3.52. The zero-order valence-electron chi connectivity index (χ0n) is 13.8. The summed E-state index contributed by atoms with van der Waals surface area (Å²) in [5.74, 6) is -1.39. The lowest BCUT2D eigenvalue weighted by atomic mass is 10.1. The lowest BCUT2D eigenvalue weighted by Crippen LogP contribution is -2.20. The van der Waals surface area contributed by atoms with Gasteiger partial charge in [0, 0.05) is 17.0 Å². The van der Waals surface area contributed by atoms with Gasteiger partial charge in [-0.25, -0.2) is 4.39 Å². The largest absolute Gasteiger partial charge is 0.449 e. The van der Waals surface area contributed by atoms with Gasteiger partial charge in [0.2, 0.25) is 11.7 Å². The number of hydrogen-bond acceptors (Lipinski definition) is 3. The van der Waals surface area contributed by atoms with Crippen molar-refractivity contribution in [1.29, 1.82) is 0 Å². The molecule has 0 aliphatic rings. The number of halogens is 1. The Kier molecular flexibility index (Phi) is 4.52. The summed E-state index contributed by atoms with van der Waals surface area (Å²) in [6.45, 7) is 3.52. The van der Waals surface area contributed by atoms with E-state index in [1.807, 2.05) is 0 Å². The van der Waals surface area contributed by atoms with Gasteiger partial charge in [0.25, 0.3) is 5.91 Å². The summed E-state index contributed by atoms with van der Waals surface area (Å²) in [4.78, 5) is 24.7. The number of furan rings is 1. The van der Waals surface area contributed by atoms with Gasteiger partial charge in [-0.05, 0) is 36.4 Å². The lowest BCUT2D eigenvalue weighted by Gasteiger charge is -2.09. The van der Waals surface area contributed by atoms with E-state index in [0.29, 0.717) is 22.3 Å². The number of amides is 2. The first-order chi connectivity index (χ1) is 12.0. The average Bonchev–Trinajstić information content (AvgIpc) is 2.95. The van der Waals surface area contributed by atoms with Gasteiger partial charge in [-0.3, -0.25) is 9.59 Å². The summed E-state index contributed by atoms with van der Waals surface area (Å²) in [6, 6.07) is 12.4. The molecule has 3 aromatic rings. The molecule has 1 aromatic heterocycles. The van der Waals surface area contributed by atoms with Crippen molar-refractivity contribution in [2.45, 2.75) is 13.8 Å². The van der Waals surface area contributed by atoms with Crippen LogP contribution >= 0.6 is 0 Å². The summed E-state index contributed by atoms with van der Waals surface area (Å²) in [5.41, 5.74) is 1.24. The van der Waals surface area contributed by atoms with Gasteiger partial charge in [0.1, 0.15) is 17.1 Å². The van der Waals surface area contributed by atoms with Crippen LogP contribution in [0.3, 0.4) is 0 Å². The fourth-order valence-electron chi connectivity index (χ4n) is 2.32. The summed E-state index contributed by atoms with van der Waals surface area (Å²) in [5, 5.41) is 6.03. The van der Waals surface area contributed by atoms with E-state index in [9.17, 15) is 14.0 Å². The maximum Gasteiger partial charge on any atom is 0.293 e. The number of hydrogen-bond donors (Lipinski definition) is 2. The van der Waals surface area contributed by atoms with Crippen LogP contribution < -0.4 is 10.6 Å². The topological polar surface area (TPSA) is 71.3 Å². The third-order valence-corrected chi connectivity index (χ3v) is 3.68. The second kappa shape index (κ2) is 6.76. The molecular weight excluding hydrogens is 323 g/mol. The molecule has 5 nitrogen and oxygen atoms in total. The van der Waals surface area contributed by atoms with E-state index in [1.54, 1.807) is 38.1 Å². The molecule has 0 aliphatic heterocycles. The van der Waals surface area contributed by atoms with E-state index in [-0.39, 0.29) is 17.6 Å².